The maximum Gasteiger partial charge on any atom is 0.107 e. The van der Waals surface area contributed by atoms with E-state index in [4.69, 9.17) is 11.6 Å². The summed E-state index contributed by atoms with van der Waals surface area (Å²) in [6.07, 6.45) is 2.48. The molecule has 0 aliphatic heterocycles. The molecule has 20 heavy (non-hydrogen) atoms. The summed E-state index contributed by atoms with van der Waals surface area (Å²) < 4.78 is 1.85. The first-order chi connectivity index (χ1) is 9.67. The standard InChI is InChI=1S/C16H17BrClNS/c1-2-19-14(13-10-12(17)15(18)20-13)16(8-9-16)11-6-4-3-5-7-11/h3-7,10,14,19H,2,8-9H2,1H3. The first-order valence-electron chi connectivity index (χ1n) is 6.91. The number of nitrogens with one attached hydrogen (secondary N) is 1. The number of thiophene rings is 1. The van der Waals surface area contributed by atoms with Crippen LogP contribution in [-0.2, 0) is 5.41 Å². The summed E-state index contributed by atoms with van der Waals surface area (Å²) in [6.45, 7) is 3.13. The van der Waals surface area contributed by atoms with Crippen molar-refractivity contribution in [2.75, 3.05) is 6.54 Å². The summed E-state index contributed by atoms with van der Waals surface area (Å²) in [5.41, 5.74) is 1.68. The number of hydrogen-bond acceptors (Lipinski definition) is 2. The molecule has 3 rings (SSSR count). The van der Waals surface area contributed by atoms with Gasteiger partial charge in [-0.25, -0.2) is 0 Å². The third kappa shape index (κ3) is 2.57. The van der Waals surface area contributed by atoms with E-state index in [-0.39, 0.29) is 5.41 Å². The predicted octanol–water partition coefficient (Wildman–Crippen LogP) is 5.55. The number of likely N-dealkylation sites (N-methyl/N-ethyl adjacent to an activating group) is 1. The third-order valence-corrected chi connectivity index (χ3v) is 6.59. The van der Waals surface area contributed by atoms with Gasteiger partial charge in [-0.1, -0.05) is 48.9 Å². The Bertz CT molecular complexity index is 572. The van der Waals surface area contributed by atoms with E-state index < -0.39 is 0 Å². The van der Waals surface area contributed by atoms with Gasteiger partial charge in [0.15, 0.2) is 0 Å². The number of rotatable bonds is 5. The lowest BCUT2D eigenvalue weighted by molar-refractivity contribution is 0.446. The second kappa shape index (κ2) is 5.80. The summed E-state index contributed by atoms with van der Waals surface area (Å²) in [7, 11) is 0. The van der Waals surface area contributed by atoms with Gasteiger partial charge in [-0.15, -0.1) is 11.3 Å². The minimum Gasteiger partial charge on any atom is -0.309 e. The summed E-state index contributed by atoms with van der Waals surface area (Å²) in [5, 5.41) is 3.67. The van der Waals surface area contributed by atoms with Gasteiger partial charge < -0.3 is 5.32 Å². The molecule has 4 heteroatoms. The molecule has 0 saturated heterocycles. The van der Waals surface area contributed by atoms with Crippen LogP contribution in [0.25, 0.3) is 0 Å². The van der Waals surface area contributed by atoms with Crippen LogP contribution in [0, 0.1) is 0 Å². The Hall–Kier alpha value is -0.350. The molecule has 0 radical (unpaired) electrons. The van der Waals surface area contributed by atoms with Crippen LogP contribution in [0.1, 0.15) is 36.2 Å². The highest BCUT2D eigenvalue weighted by Crippen LogP contribution is 2.58. The molecule has 2 aromatic rings. The van der Waals surface area contributed by atoms with Crippen LogP contribution in [0.15, 0.2) is 40.9 Å². The van der Waals surface area contributed by atoms with Crippen molar-refractivity contribution < 1.29 is 0 Å². The van der Waals surface area contributed by atoms with Gasteiger partial charge in [0.1, 0.15) is 4.34 Å². The van der Waals surface area contributed by atoms with Crippen molar-refractivity contribution in [2.45, 2.75) is 31.2 Å². The lowest BCUT2D eigenvalue weighted by Gasteiger charge is -2.27. The van der Waals surface area contributed by atoms with Gasteiger partial charge in [0.05, 0.1) is 6.04 Å². The van der Waals surface area contributed by atoms with E-state index in [1.165, 1.54) is 23.3 Å². The zero-order valence-corrected chi connectivity index (χ0v) is 14.5. The average molecular weight is 371 g/mol. The number of halogens is 2. The molecule has 1 atom stereocenters. The van der Waals surface area contributed by atoms with Gasteiger partial charge in [0, 0.05) is 14.8 Å². The maximum absolute atomic E-state index is 6.23. The molecule has 0 bridgehead atoms. The first-order valence-corrected chi connectivity index (χ1v) is 8.90. The van der Waals surface area contributed by atoms with Crippen LogP contribution in [0.2, 0.25) is 4.34 Å². The molecule has 1 saturated carbocycles. The molecule has 1 aliphatic rings. The fourth-order valence-electron chi connectivity index (χ4n) is 2.93. The highest BCUT2D eigenvalue weighted by Gasteiger charge is 2.51. The van der Waals surface area contributed by atoms with E-state index in [0.29, 0.717) is 6.04 Å². The largest absolute Gasteiger partial charge is 0.309 e. The second-order valence-electron chi connectivity index (χ2n) is 5.28. The van der Waals surface area contributed by atoms with Crippen molar-refractivity contribution in [3.05, 3.63) is 55.6 Å². The van der Waals surface area contributed by atoms with Crippen molar-refractivity contribution in [3.8, 4) is 0 Å². The third-order valence-electron chi connectivity index (χ3n) is 4.05. The van der Waals surface area contributed by atoms with Gasteiger partial charge in [-0.05, 0) is 46.9 Å². The maximum atomic E-state index is 6.23. The molecular formula is C16H17BrClNS. The van der Waals surface area contributed by atoms with Crippen LogP contribution in [0.5, 0.6) is 0 Å². The Labute approximate surface area is 137 Å². The monoisotopic (exact) mass is 369 g/mol. The molecule has 106 valence electrons. The van der Waals surface area contributed by atoms with E-state index in [1.54, 1.807) is 11.3 Å². The highest BCUT2D eigenvalue weighted by atomic mass is 79.9. The zero-order valence-electron chi connectivity index (χ0n) is 11.3. The van der Waals surface area contributed by atoms with Crippen molar-refractivity contribution in [2.24, 2.45) is 0 Å². The molecule has 1 aromatic carbocycles. The van der Waals surface area contributed by atoms with E-state index in [2.05, 4.69) is 64.6 Å². The van der Waals surface area contributed by atoms with Crippen molar-refractivity contribution in [3.63, 3.8) is 0 Å². The second-order valence-corrected chi connectivity index (χ2v) is 7.82. The molecule has 1 heterocycles. The molecule has 0 amide bonds. The van der Waals surface area contributed by atoms with Gasteiger partial charge in [-0.3, -0.25) is 0 Å². The Morgan fingerprint density at radius 1 is 1.35 bits per heavy atom. The lowest BCUT2D eigenvalue weighted by atomic mass is 9.87. The summed E-state index contributed by atoms with van der Waals surface area (Å²) in [6, 6.07) is 13.4. The normalized spacial score (nSPS) is 17.9. The van der Waals surface area contributed by atoms with E-state index >= 15 is 0 Å². The van der Waals surface area contributed by atoms with Gasteiger partial charge >= 0.3 is 0 Å². The van der Waals surface area contributed by atoms with E-state index in [0.717, 1.165) is 15.4 Å². The topological polar surface area (TPSA) is 12.0 Å². The van der Waals surface area contributed by atoms with Crippen molar-refractivity contribution in [1.29, 1.82) is 0 Å². The highest BCUT2D eigenvalue weighted by molar-refractivity contribution is 9.10. The Morgan fingerprint density at radius 2 is 2.05 bits per heavy atom. The van der Waals surface area contributed by atoms with Crippen LogP contribution in [0.4, 0.5) is 0 Å². The van der Waals surface area contributed by atoms with Crippen molar-refractivity contribution >= 4 is 38.9 Å². The molecule has 0 spiro atoms. The quantitative estimate of drug-likeness (QED) is 0.728. The zero-order chi connectivity index (χ0) is 14.2. The van der Waals surface area contributed by atoms with Crippen LogP contribution < -0.4 is 5.32 Å². The van der Waals surface area contributed by atoms with Crippen LogP contribution in [-0.4, -0.2) is 6.54 Å². The Kier molecular flexibility index (Phi) is 4.23. The number of hydrogen-bond donors (Lipinski definition) is 1. The smallest absolute Gasteiger partial charge is 0.107 e. The van der Waals surface area contributed by atoms with E-state index in [9.17, 15) is 0 Å². The fourth-order valence-corrected chi connectivity index (χ4v) is 4.86. The summed E-state index contributed by atoms with van der Waals surface area (Å²) >= 11 is 11.4. The van der Waals surface area contributed by atoms with Gasteiger partial charge in [0.25, 0.3) is 0 Å². The molecule has 1 unspecified atom stereocenters. The average Bonchev–Trinajstić information content (AvgIpc) is 3.20. The molecule has 1 aromatic heterocycles. The molecule has 1 nitrogen and oxygen atoms in total. The Balaban J connectivity index is 1.99. The molecule has 1 aliphatic carbocycles. The molecule has 1 N–H and O–H groups in total. The summed E-state index contributed by atoms with van der Waals surface area (Å²) in [5.74, 6) is 0. The minimum absolute atomic E-state index is 0.241. The summed E-state index contributed by atoms with van der Waals surface area (Å²) in [4.78, 5) is 1.32. The fraction of sp³-hybridized carbons (Fsp3) is 0.375. The lowest BCUT2D eigenvalue weighted by Crippen LogP contribution is -2.31. The first kappa shape index (κ1) is 14.6. The van der Waals surface area contributed by atoms with Gasteiger partial charge in [0.2, 0.25) is 0 Å². The van der Waals surface area contributed by atoms with Gasteiger partial charge in [-0.2, -0.15) is 0 Å². The van der Waals surface area contributed by atoms with E-state index in [1.807, 2.05) is 0 Å². The van der Waals surface area contributed by atoms with Crippen molar-refractivity contribution in [1.82, 2.24) is 5.32 Å². The van der Waals surface area contributed by atoms with Crippen LogP contribution >= 0.6 is 38.9 Å². The molecular weight excluding hydrogens is 354 g/mol. The number of benzene rings is 1. The SMILES string of the molecule is CCNC(c1cc(Br)c(Cl)s1)C1(c2ccccc2)CC1. The molecule has 1 fully saturated rings. The minimum atomic E-state index is 0.241. The predicted molar refractivity (Wildman–Crippen MR) is 90.8 cm³/mol. The van der Waals surface area contributed by atoms with Crippen LogP contribution in [0.3, 0.4) is 0 Å². The Morgan fingerprint density at radius 3 is 2.55 bits per heavy atom.